The van der Waals surface area contributed by atoms with Crippen LogP contribution >= 0.6 is 0 Å². The van der Waals surface area contributed by atoms with Crippen molar-refractivity contribution >= 4 is 0 Å². The molecule has 0 aliphatic carbocycles. The second-order valence-corrected chi connectivity index (χ2v) is 5.93. The minimum atomic E-state index is -0.404. The molecule has 2 nitrogen and oxygen atoms in total. The molecule has 1 aromatic carbocycles. The average Bonchev–Trinajstić information content (AvgIpc) is 2.72. The number of benzene rings is 1. The normalized spacial score (nSPS) is 28.6. The molecule has 0 bridgehead atoms. The molecule has 2 rings (SSSR count). The summed E-state index contributed by atoms with van der Waals surface area (Å²) in [4.78, 5) is 0. The first-order valence-corrected chi connectivity index (χ1v) is 6.85. The lowest BCUT2D eigenvalue weighted by Gasteiger charge is -2.36. The molecule has 0 spiro atoms. The first-order chi connectivity index (χ1) is 8.47. The van der Waals surface area contributed by atoms with Gasteiger partial charge >= 0.3 is 0 Å². The average molecular weight is 248 g/mol. The molecule has 1 aromatic rings. The number of ether oxygens (including phenoxy) is 2. The third kappa shape index (κ3) is 2.76. The van der Waals surface area contributed by atoms with E-state index in [2.05, 4.69) is 58.0 Å². The molecule has 1 heterocycles. The van der Waals surface area contributed by atoms with Crippen molar-refractivity contribution in [1.82, 2.24) is 0 Å². The first-order valence-electron chi connectivity index (χ1n) is 6.85. The summed E-state index contributed by atoms with van der Waals surface area (Å²) >= 11 is 0. The zero-order valence-electron chi connectivity index (χ0n) is 11.9. The zero-order chi connectivity index (χ0) is 13.2. The largest absolute Gasteiger partial charge is 0.347 e. The predicted octanol–water partition coefficient (Wildman–Crippen LogP) is 3.90. The molecular weight excluding hydrogens is 224 g/mol. The van der Waals surface area contributed by atoms with Crippen molar-refractivity contribution in [3.8, 4) is 0 Å². The van der Waals surface area contributed by atoms with E-state index in [4.69, 9.17) is 9.47 Å². The minimum Gasteiger partial charge on any atom is -0.347 e. The van der Waals surface area contributed by atoms with Gasteiger partial charge in [-0.2, -0.15) is 0 Å². The fraction of sp³-hybridized carbons (Fsp3) is 0.625. The van der Waals surface area contributed by atoms with Gasteiger partial charge in [0.05, 0.1) is 12.7 Å². The Bertz CT molecular complexity index is 385. The van der Waals surface area contributed by atoms with E-state index in [0.29, 0.717) is 6.61 Å². The Kier molecular flexibility index (Phi) is 3.79. The van der Waals surface area contributed by atoms with Crippen molar-refractivity contribution in [2.24, 2.45) is 0 Å². The maximum absolute atomic E-state index is 6.03. The highest BCUT2D eigenvalue weighted by molar-refractivity contribution is 5.24. The van der Waals surface area contributed by atoms with Crippen molar-refractivity contribution in [2.45, 2.75) is 57.8 Å². The number of hydrogen-bond acceptors (Lipinski definition) is 2. The van der Waals surface area contributed by atoms with E-state index in [-0.39, 0.29) is 11.5 Å². The lowest BCUT2D eigenvalue weighted by molar-refractivity contribution is -0.181. The van der Waals surface area contributed by atoms with E-state index < -0.39 is 5.79 Å². The van der Waals surface area contributed by atoms with Gasteiger partial charge in [-0.3, -0.25) is 0 Å². The van der Waals surface area contributed by atoms with E-state index >= 15 is 0 Å². The maximum atomic E-state index is 6.03. The van der Waals surface area contributed by atoms with Crippen LogP contribution in [0, 0.1) is 0 Å². The highest BCUT2D eigenvalue weighted by Gasteiger charge is 2.43. The minimum absolute atomic E-state index is 0.0569. The number of hydrogen-bond donors (Lipinski definition) is 0. The van der Waals surface area contributed by atoms with Gasteiger partial charge in [0, 0.05) is 6.42 Å². The maximum Gasteiger partial charge on any atom is 0.169 e. The van der Waals surface area contributed by atoms with Crippen LogP contribution in [-0.2, 0) is 14.9 Å². The highest BCUT2D eigenvalue weighted by atomic mass is 16.7. The summed E-state index contributed by atoms with van der Waals surface area (Å²) in [6.45, 7) is 9.44. The van der Waals surface area contributed by atoms with Crippen molar-refractivity contribution in [3.63, 3.8) is 0 Å². The summed E-state index contributed by atoms with van der Waals surface area (Å²) in [5.74, 6) is -0.404. The van der Waals surface area contributed by atoms with E-state index in [0.717, 1.165) is 12.8 Å². The molecule has 1 aliphatic heterocycles. The quantitative estimate of drug-likeness (QED) is 0.804. The summed E-state index contributed by atoms with van der Waals surface area (Å²) in [5, 5.41) is 0. The van der Waals surface area contributed by atoms with Crippen LogP contribution in [0.4, 0.5) is 0 Å². The predicted molar refractivity (Wildman–Crippen MR) is 73.6 cm³/mol. The van der Waals surface area contributed by atoms with Crippen molar-refractivity contribution in [1.29, 1.82) is 0 Å². The lowest BCUT2D eigenvalue weighted by Crippen LogP contribution is -2.37. The summed E-state index contributed by atoms with van der Waals surface area (Å²) in [6, 6.07) is 10.6. The van der Waals surface area contributed by atoms with Crippen molar-refractivity contribution in [2.75, 3.05) is 6.61 Å². The monoisotopic (exact) mass is 248 g/mol. The Morgan fingerprint density at radius 3 is 2.44 bits per heavy atom. The van der Waals surface area contributed by atoms with Crippen molar-refractivity contribution < 1.29 is 9.47 Å². The smallest absolute Gasteiger partial charge is 0.169 e. The van der Waals surface area contributed by atoms with Gasteiger partial charge in [-0.1, -0.05) is 51.1 Å². The highest BCUT2D eigenvalue weighted by Crippen LogP contribution is 2.39. The third-order valence-electron chi connectivity index (χ3n) is 3.80. The molecule has 18 heavy (non-hydrogen) atoms. The van der Waals surface area contributed by atoms with Gasteiger partial charge in [0.25, 0.3) is 0 Å². The Morgan fingerprint density at radius 2 is 1.94 bits per heavy atom. The van der Waals surface area contributed by atoms with Gasteiger partial charge < -0.3 is 9.47 Å². The molecule has 1 saturated heterocycles. The van der Waals surface area contributed by atoms with Crippen LogP contribution in [0.5, 0.6) is 0 Å². The van der Waals surface area contributed by atoms with Crippen LogP contribution in [-0.4, -0.2) is 18.5 Å². The van der Waals surface area contributed by atoms with Crippen LogP contribution in [0.25, 0.3) is 0 Å². The topological polar surface area (TPSA) is 18.5 Å². The lowest BCUT2D eigenvalue weighted by atomic mass is 9.78. The van der Waals surface area contributed by atoms with E-state index in [1.165, 1.54) is 5.56 Å². The van der Waals surface area contributed by atoms with Crippen LogP contribution in [0.2, 0.25) is 0 Å². The SMILES string of the molecule is CCC1(CC(C)(C)c2ccccc2)OCC(C)O1. The molecule has 100 valence electrons. The molecule has 0 amide bonds. The van der Waals surface area contributed by atoms with Gasteiger partial charge in [0.1, 0.15) is 0 Å². The Morgan fingerprint density at radius 1 is 1.28 bits per heavy atom. The summed E-state index contributed by atoms with van der Waals surface area (Å²) in [5.41, 5.74) is 1.39. The summed E-state index contributed by atoms with van der Waals surface area (Å²) < 4.78 is 12.0. The van der Waals surface area contributed by atoms with Crippen LogP contribution in [0.15, 0.2) is 30.3 Å². The van der Waals surface area contributed by atoms with Gasteiger partial charge in [0.15, 0.2) is 5.79 Å². The number of rotatable bonds is 4. The molecule has 1 aliphatic rings. The standard InChI is InChI=1S/C16H24O2/c1-5-16(17-11-13(2)18-16)12-15(3,4)14-9-7-6-8-10-14/h6-10,13H,5,11-12H2,1-4H3. The summed E-state index contributed by atoms with van der Waals surface area (Å²) in [6.07, 6.45) is 2.00. The van der Waals surface area contributed by atoms with Gasteiger partial charge in [-0.05, 0) is 24.3 Å². The molecule has 0 N–H and O–H groups in total. The van der Waals surface area contributed by atoms with Crippen molar-refractivity contribution in [3.05, 3.63) is 35.9 Å². The second-order valence-electron chi connectivity index (χ2n) is 5.93. The fourth-order valence-electron chi connectivity index (χ4n) is 2.77. The molecule has 2 atom stereocenters. The van der Waals surface area contributed by atoms with Gasteiger partial charge in [0.2, 0.25) is 0 Å². The second kappa shape index (κ2) is 5.02. The molecule has 1 fully saturated rings. The van der Waals surface area contributed by atoms with Crippen LogP contribution in [0.3, 0.4) is 0 Å². The van der Waals surface area contributed by atoms with Crippen LogP contribution < -0.4 is 0 Å². The van der Waals surface area contributed by atoms with Gasteiger partial charge in [-0.25, -0.2) is 0 Å². The molecule has 0 radical (unpaired) electrons. The third-order valence-corrected chi connectivity index (χ3v) is 3.80. The van der Waals surface area contributed by atoms with Gasteiger partial charge in [-0.15, -0.1) is 0 Å². The van der Waals surface area contributed by atoms with Crippen LogP contribution in [0.1, 0.15) is 46.1 Å². The molecule has 2 unspecified atom stereocenters. The summed E-state index contributed by atoms with van der Waals surface area (Å²) in [7, 11) is 0. The molecule has 2 heteroatoms. The Labute approximate surface area is 110 Å². The molecule has 0 saturated carbocycles. The Hall–Kier alpha value is -0.860. The van der Waals surface area contributed by atoms with E-state index in [9.17, 15) is 0 Å². The fourth-order valence-corrected chi connectivity index (χ4v) is 2.77. The zero-order valence-corrected chi connectivity index (χ0v) is 11.9. The molecular formula is C16H24O2. The Balaban J connectivity index is 2.17. The molecule has 0 aromatic heterocycles. The van der Waals surface area contributed by atoms with E-state index in [1.54, 1.807) is 0 Å². The van der Waals surface area contributed by atoms with E-state index in [1.807, 2.05) is 0 Å². The first kappa shape index (κ1) is 13.6.